The van der Waals surface area contributed by atoms with Gasteiger partial charge in [0, 0.05) is 6.42 Å². The summed E-state index contributed by atoms with van der Waals surface area (Å²) in [5.41, 5.74) is 5.88. The molecule has 14 heavy (non-hydrogen) atoms. The standard InChI is InChI=1S/C9H17N3OS/c1-3-4-8-11-9(13-12-8)7(10)5-6-14-2/h7H,3-6,10H2,1-2H3. The molecule has 1 rings (SSSR count). The Kier molecular flexibility index (Phi) is 4.97. The van der Waals surface area contributed by atoms with Crippen molar-refractivity contribution in [2.24, 2.45) is 5.73 Å². The molecule has 0 aliphatic rings. The molecule has 1 aromatic heterocycles. The Balaban J connectivity index is 2.48. The average Bonchev–Trinajstić information content (AvgIpc) is 2.63. The van der Waals surface area contributed by atoms with Crippen LogP contribution in [0.15, 0.2) is 4.52 Å². The molecule has 0 aromatic carbocycles. The van der Waals surface area contributed by atoms with Crippen LogP contribution in [0, 0.1) is 0 Å². The summed E-state index contributed by atoms with van der Waals surface area (Å²) in [4.78, 5) is 4.24. The Bertz CT molecular complexity index is 264. The highest BCUT2D eigenvalue weighted by molar-refractivity contribution is 7.98. The zero-order valence-corrected chi connectivity index (χ0v) is 9.51. The Morgan fingerprint density at radius 3 is 3.00 bits per heavy atom. The number of aromatic nitrogens is 2. The molecule has 1 aromatic rings. The van der Waals surface area contributed by atoms with Crippen LogP contribution in [0.3, 0.4) is 0 Å². The van der Waals surface area contributed by atoms with E-state index >= 15 is 0 Å². The molecule has 2 N–H and O–H groups in total. The van der Waals surface area contributed by atoms with E-state index in [4.69, 9.17) is 10.3 Å². The van der Waals surface area contributed by atoms with Crippen LogP contribution in [0.2, 0.25) is 0 Å². The molecule has 0 saturated heterocycles. The van der Waals surface area contributed by atoms with Crippen LogP contribution in [-0.2, 0) is 6.42 Å². The number of hydrogen-bond acceptors (Lipinski definition) is 5. The molecule has 1 unspecified atom stereocenters. The minimum absolute atomic E-state index is 0.111. The fourth-order valence-electron chi connectivity index (χ4n) is 1.11. The van der Waals surface area contributed by atoms with Gasteiger partial charge in [0.05, 0.1) is 6.04 Å². The lowest BCUT2D eigenvalue weighted by Crippen LogP contribution is -2.11. The van der Waals surface area contributed by atoms with Crippen molar-refractivity contribution in [1.29, 1.82) is 0 Å². The van der Waals surface area contributed by atoms with E-state index < -0.39 is 0 Å². The summed E-state index contributed by atoms with van der Waals surface area (Å²) < 4.78 is 5.08. The average molecular weight is 215 g/mol. The molecule has 0 bridgehead atoms. The fraction of sp³-hybridized carbons (Fsp3) is 0.778. The van der Waals surface area contributed by atoms with Crippen molar-refractivity contribution in [3.63, 3.8) is 0 Å². The highest BCUT2D eigenvalue weighted by Gasteiger charge is 2.13. The van der Waals surface area contributed by atoms with Gasteiger partial charge in [-0.25, -0.2) is 0 Å². The van der Waals surface area contributed by atoms with Gasteiger partial charge in [-0.1, -0.05) is 12.1 Å². The van der Waals surface area contributed by atoms with Crippen LogP contribution < -0.4 is 5.73 Å². The van der Waals surface area contributed by atoms with Crippen molar-refractivity contribution in [1.82, 2.24) is 10.1 Å². The monoisotopic (exact) mass is 215 g/mol. The van der Waals surface area contributed by atoms with E-state index in [1.54, 1.807) is 11.8 Å². The molecule has 0 amide bonds. The highest BCUT2D eigenvalue weighted by Crippen LogP contribution is 2.14. The second-order valence-electron chi connectivity index (χ2n) is 3.19. The van der Waals surface area contributed by atoms with Gasteiger partial charge in [0.2, 0.25) is 5.89 Å². The second-order valence-corrected chi connectivity index (χ2v) is 4.17. The summed E-state index contributed by atoms with van der Waals surface area (Å²) in [5.74, 6) is 2.36. The number of nitrogens with two attached hydrogens (primary N) is 1. The van der Waals surface area contributed by atoms with Gasteiger partial charge in [-0.05, 0) is 24.9 Å². The molecule has 5 heteroatoms. The molecule has 80 valence electrons. The van der Waals surface area contributed by atoms with Crippen LogP contribution in [0.4, 0.5) is 0 Å². The molecule has 1 atom stereocenters. The van der Waals surface area contributed by atoms with Crippen molar-refractivity contribution in [3.8, 4) is 0 Å². The Morgan fingerprint density at radius 2 is 2.36 bits per heavy atom. The normalized spacial score (nSPS) is 13.1. The molecular formula is C9H17N3OS. The van der Waals surface area contributed by atoms with Crippen molar-refractivity contribution in [2.45, 2.75) is 32.2 Å². The molecule has 4 nitrogen and oxygen atoms in total. The largest absolute Gasteiger partial charge is 0.338 e. The molecule has 0 saturated carbocycles. The number of aryl methyl sites for hydroxylation is 1. The summed E-state index contributed by atoms with van der Waals surface area (Å²) in [7, 11) is 0. The second kappa shape index (κ2) is 6.03. The first-order valence-corrected chi connectivity index (χ1v) is 6.24. The third-order valence-electron chi connectivity index (χ3n) is 1.91. The Labute approximate surface area is 88.6 Å². The van der Waals surface area contributed by atoms with E-state index in [0.29, 0.717) is 5.89 Å². The van der Waals surface area contributed by atoms with E-state index in [9.17, 15) is 0 Å². The van der Waals surface area contributed by atoms with Gasteiger partial charge >= 0.3 is 0 Å². The zero-order chi connectivity index (χ0) is 10.4. The first kappa shape index (κ1) is 11.5. The molecule has 1 heterocycles. The van der Waals surface area contributed by atoms with Gasteiger partial charge < -0.3 is 10.3 Å². The van der Waals surface area contributed by atoms with Crippen LogP contribution >= 0.6 is 11.8 Å². The number of rotatable bonds is 6. The van der Waals surface area contributed by atoms with Crippen molar-refractivity contribution < 1.29 is 4.52 Å². The maximum atomic E-state index is 5.88. The molecular weight excluding hydrogens is 198 g/mol. The maximum absolute atomic E-state index is 5.88. The third-order valence-corrected chi connectivity index (χ3v) is 2.55. The van der Waals surface area contributed by atoms with E-state index in [1.165, 1.54) is 0 Å². The fourth-order valence-corrected chi connectivity index (χ4v) is 1.60. The van der Waals surface area contributed by atoms with Gasteiger partial charge in [-0.3, -0.25) is 0 Å². The topological polar surface area (TPSA) is 64.9 Å². The van der Waals surface area contributed by atoms with Crippen LogP contribution in [0.25, 0.3) is 0 Å². The maximum Gasteiger partial charge on any atom is 0.243 e. The number of thioether (sulfide) groups is 1. The lowest BCUT2D eigenvalue weighted by atomic mass is 10.2. The van der Waals surface area contributed by atoms with E-state index in [1.807, 2.05) is 0 Å². The third kappa shape index (κ3) is 3.31. The van der Waals surface area contributed by atoms with Gasteiger partial charge in [-0.15, -0.1) is 0 Å². The predicted octanol–water partition coefficient (Wildman–Crippen LogP) is 1.78. The van der Waals surface area contributed by atoms with Gasteiger partial charge in [0.1, 0.15) is 0 Å². The van der Waals surface area contributed by atoms with E-state index in [0.717, 1.165) is 30.8 Å². The first-order chi connectivity index (χ1) is 6.77. The lowest BCUT2D eigenvalue weighted by Gasteiger charge is -2.03. The van der Waals surface area contributed by atoms with E-state index in [2.05, 4.69) is 23.3 Å². The predicted molar refractivity (Wildman–Crippen MR) is 58.2 cm³/mol. The smallest absolute Gasteiger partial charge is 0.243 e. The zero-order valence-electron chi connectivity index (χ0n) is 8.69. The summed E-state index contributed by atoms with van der Waals surface area (Å²) in [6, 6.07) is -0.111. The van der Waals surface area contributed by atoms with Gasteiger partial charge in [-0.2, -0.15) is 16.7 Å². The number of hydrogen-bond donors (Lipinski definition) is 1. The molecule has 0 aliphatic heterocycles. The quantitative estimate of drug-likeness (QED) is 0.783. The van der Waals surface area contributed by atoms with Crippen molar-refractivity contribution in [3.05, 3.63) is 11.7 Å². The van der Waals surface area contributed by atoms with Gasteiger partial charge in [0.15, 0.2) is 5.82 Å². The Morgan fingerprint density at radius 1 is 1.57 bits per heavy atom. The number of nitrogens with zero attached hydrogens (tertiary/aromatic N) is 2. The minimum Gasteiger partial charge on any atom is -0.338 e. The van der Waals surface area contributed by atoms with Crippen LogP contribution in [-0.4, -0.2) is 22.1 Å². The van der Waals surface area contributed by atoms with E-state index in [-0.39, 0.29) is 6.04 Å². The first-order valence-electron chi connectivity index (χ1n) is 4.85. The van der Waals surface area contributed by atoms with Gasteiger partial charge in [0.25, 0.3) is 0 Å². The highest BCUT2D eigenvalue weighted by atomic mass is 32.2. The summed E-state index contributed by atoms with van der Waals surface area (Å²) in [5, 5.41) is 3.86. The van der Waals surface area contributed by atoms with Crippen molar-refractivity contribution in [2.75, 3.05) is 12.0 Å². The minimum atomic E-state index is -0.111. The summed E-state index contributed by atoms with van der Waals surface area (Å²) in [6.07, 6.45) is 4.83. The summed E-state index contributed by atoms with van der Waals surface area (Å²) >= 11 is 1.77. The van der Waals surface area contributed by atoms with Crippen LogP contribution in [0.1, 0.15) is 37.5 Å². The molecule has 0 spiro atoms. The van der Waals surface area contributed by atoms with Crippen LogP contribution in [0.5, 0.6) is 0 Å². The Hall–Kier alpha value is -0.550. The molecule has 0 aliphatic carbocycles. The summed E-state index contributed by atoms with van der Waals surface area (Å²) in [6.45, 7) is 2.09. The molecule has 0 radical (unpaired) electrons. The molecule has 0 fully saturated rings. The lowest BCUT2D eigenvalue weighted by molar-refractivity contribution is 0.348. The SMILES string of the molecule is CCCc1noc(C(N)CCSC)n1. The van der Waals surface area contributed by atoms with Crippen molar-refractivity contribution >= 4 is 11.8 Å².